The van der Waals surface area contributed by atoms with E-state index in [9.17, 15) is 14.4 Å². The summed E-state index contributed by atoms with van der Waals surface area (Å²) >= 11 is 0. The fraction of sp³-hybridized carbons (Fsp3) is 0.576. The average Bonchev–Trinajstić information content (AvgIpc) is 2.95. The van der Waals surface area contributed by atoms with Crippen LogP contribution in [0.5, 0.6) is 0 Å². The summed E-state index contributed by atoms with van der Waals surface area (Å²) in [7, 11) is 0. The lowest BCUT2D eigenvalue weighted by molar-refractivity contribution is -0.133. The highest BCUT2D eigenvalue weighted by molar-refractivity contribution is 6.04. The first kappa shape index (κ1) is 31.5. The van der Waals surface area contributed by atoms with Gasteiger partial charge in [-0.3, -0.25) is 24.4 Å². The molecule has 1 aliphatic carbocycles. The van der Waals surface area contributed by atoms with Crippen LogP contribution in [0, 0.1) is 0 Å². The van der Waals surface area contributed by atoms with Crippen molar-refractivity contribution in [1.29, 1.82) is 0 Å². The highest BCUT2D eigenvalue weighted by Crippen LogP contribution is 2.33. The van der Waals surface area contributed by atoms with Gasteiger partial charge < -0.3 is 14.8 Å². The van der Waals surface area contributed by atoms with Gasteiger partial charge in [0.1, 0.15) is 17.7 Å². The Morgan fingerprint density at radius 3 is 2.31 bits per heavy atom. The molecule has 0 bridgehead atoms. The fourth-order valence-electron chi connectivity index (χ4n) is 5.52. The van der Waals surface area contributed by atoms with Crippen LogP contribution >= 0.6 is 0 Å². The summed E-state index contributed by atoms with van der Waals surface area (Å²) in [6, 6.07) is 9.35. The Bertz CT molecular complexity index is 1210. The first-order valence-corrected chi connectivity index (χ1v) is 15.1. The van der Waals surface area contributed by atoms with Crippen LogP contribution in [0.25, 0.3) is 0 Å². The van der Waals surface area contributed by atoms with Crippen LogP contribution < -0.4 is 10.2 Å². The highest BCUT2D eigenvalue weighted by Gasteiger charge is 2.43. The molecule has 2 aliphatic rings. The third-order valence-electron chi connectivity index (χ3n) is 7.75. The van der Waals surface area contributed by atoms with Gasteiger partial charge >= 0.3 is 6.09 Å². The molecule has 2 heterocycles. The molecule has 4 rings (SSSR count). The third-order valence-corrected chi connectivity index (χ3v) is 7.75. The molecular formula is C33H46N4O5. The topological polar surface area (TPSA) is 101 Å². The number of carbonyl (C=O) groups excluding carboxylic acids is 3. The van der Waals surface area contributed by atoms with E-state index in [1.807, 2.05) is 30.3 Å². The number of ether oxygens (including phenoxy) is 2. The maximum absolute atomic E-state index is 14.7. The summed E-state index contributed by atoms with van der Waals surface area (Å²) in [6.07, 6.45) is 7.77. The number of anilines is 1. The molecule has 1 aliphatic heterocycles. The summed E-state index contributed by atoms with van der Waals surface area (Å²) in [6.45, 7) is 12.2. The van der Waals surface area contributed by atoms with Crippen LogP contribution in [-0.4, -0.2) is 65.2 Å². The van der Waals surface area contributed by atoms with Crippen LogP contribution in [0.3, 0.4) is 0 Å². The van der Waals surface area contributed by atoms with Gasteiger partial charge in [-0.05, 0) is 62.8 Å². The minimum atomic E-state index is -1.00. The van der Waals surface area contributed by atoms with Gasteiger partial charge in [-0.1, -0.05) is 58.2 Å². The van der Waals surface area contributed by atoms with Crippen molar-refractivity contribution >= 4 is 23.6 Å². The Hall–Kier alpha value is -3.46. The van der Waals surface area contributed by atoms with Gasteiger partial charge in [0.25, 0.3) is 5.91 Å². The zero-order valence-corrected chi connectivity index (χ0v) is 25.9. The van der Waals surface area contributed by atoms with Crippen molar-refractivity contribution in [1.82, 2.24) is 15.2 Å². The van der Waals surface area contributed by atoms with Crippen molar-refractivity contribution in [3.8, 4) is 0 Å². The Labute approximate surface area is 250 Å². The molecular weight excluding hydrogens is 532 g/mol. The van der Waals surface area contributed by atoms with Gasteiger partial charge in [-0.25, -0.2) is 4.79 Å². The second kappa shape index (κ2) is 13.2. The van der Waals surface area contributed by atoms with Gasteiger partial charge in [0.2, 0.25) is 5.91 Å². The number of amides is 3. The molecule has 9 nitrogen and oxygen atoms in total. The lowest BCUT2D eigenvalue weighted by atomic mass is 9.87. The second-order valence-corrected chi connectivity index (χ2v) is 13.3. The number of nitrogens with one attached hydrogen (secondary N) is 1. The van der Waals surface area contributed by atoms with Crippen LogP contribution in [0.15, 0.2) is 48.8 Å². The molecule has 42 heavy (non-hydrogen) atoms. The van der Waals surface area contributed by atoms with Crippen LogP contribution in [0.1, 0.15) is 90.8 Å². The molecule has 3 amide bonds. The number of benzene rings is 1. The third kappa shape index (κ3) is 7.88. The van der Waals surface area contributed by atoms with Crippen LogP contribution in [0.4, 0.5) is 10.5 Å². The smallest absolute Gasteiger partial charge is 0.411 e. The Morgan fingerprint density at radius 1 is 1.02 bits per heavy atom. The van der Waals surface area contributed by atoms with Crippen LogP contribution in [0.2, 0.25) is 0 Å². The molecule has 0 radical (unpaired) electrons. The molecule has 1 saturated heterocycles. The molecule has 1 N–H and O–H groups in total. The number of carbonyl (C=O) groups is 3. The molecule has 9 heteroatoms. The van der Waals surface area contributed by atoms with E-state index >= 15 is 0 Å². The highest BCUT2D eigenvalue weighted by atomic mass is 16.6. The molecule has 1 unspecified atom stereocenters. The molecule has 1 aromatic heterocycles. The lowest BCUT2D eigenvalue weighted by Gasteiger charge is -2.40. The number of hydrogen-bond donors (Lipinski definition) is 1. The van der Waals surface area contributed by atoms with Gasteiger partial charge in [-0.15, -0.1) is 0 Å². The summed E-state index contributed by atoms with van der Waals surface area (Å²) in [4.78, 5) is 49.3. The summed E-state index contributed by atoms with van der Waals surface area (Å²) in [5.41, 5.74) is 1.40. The summed E-state index contributed by atoms with van der Waals surface area (Å²) < 4.78 is 11.4. The number of rotatable bonds is 6. The number of morpholine rings is 1. The maximum atomic E-state index is 14.7. The van der Waals surface area contributed by atoms with Crippen molar-refractivity contribution in [2.75, 3.05) is 24.7 Å². The van der Waals surface area contributed by atoms with E-state index in [0.717, 1.165) is 37.7 Å². The predicted octanol–water partition coefficient (Wildman–Crippen LogP) is 5.54. The number of hydrogen-bond acceptors (Lipinski definition) is 6. The normalized spacial score (nSPS) is 19.1. The predicted molar refractivity (Wildman–Crippen MR) is 162 cm³/mol. The standard InChI is InChI=1S/C33H46N4O5/c1-32(2,3)24-14-16-26(17-15-24)37(30(39)27-22-41-20-19-36(27)31(40)42-33(4,5)6)28(23-11-10-18-34-21-23)29(38)35-25-12-8-7-9-13-25/h10-11,14-18,21,25,27-28H,7-9,12-13,19-20,22H2,1-6H3,(H,35,38)/t27-,28?/m1/s1. The van der Waals surface area contributed by atoms with E-state index in [1.54, 1.807) is 39.2 Å². The molecule has 2 fully saturated rings. The number of nitrogens with zero attached hydrogens (tertiary/aromatic N) is 3. The number of aromatic nitrogens is 1. The quantitative estimate of drug-likeness (QED) is 0.483. The van der Waals surface area contributed by atoms with Gasteiger partial charge in [0, 0.05) is 36.2 Å². The molecule has 0 spiro atoms. The molecule has 228 valence electrons. The summed E-state index contributed by atoms with van der Waals surface area (Å²) in [5.74, 6) is -0.694. The minimum Gasteiger partial charge on any atom is -0.444 e. The zero-order chi connectivity index (χ0) is 30.5. The number of pyridine rings is 1. The molecule has 2 aromatic rings. The maximum Gasteiger partial charge on any atom is 0.411 e. The van der Waals surface area contributed by atoms with E-state index < -0.39 is 29.7 Å². The van der Waals surface area contributed by atoms with E-state index in [4.69, 9.17) is 9.47 Å². The van der Waals surface area contributed by atoms with Crippen molar-refractivity contribution in [3.63, 3.8) is 0 Å². The zero-order valence-electron chi connectivity index (χ0n) is 25.9. The summed E-state index contributed by atoms with van der Waals surface area (Å²) in [5, 5.41) is 3.23. The van der Waals surface area contributed by atoms with E-state index in [0.29, 0.717) is 11.3 Å². The first-order valence-electron chi connectivity index (χ1n) is 15.1. The minimum absolute atomic E-state index is 0.00133. The Kier molecular flexibility index (Phi) is 9.92. The van der Waals surface area contributed by atoms with Gasteiger partial charge in [-0.2, -0.15) is 0 Å². The SMILES string of the molecule is CC(C)(C)OC(=O)N1CCOC[C@@H]1C(=O)N(c1ccc(C(C)(C)C)cc1)C(C(=O)NC1CCCCC1)c1cccnc1. The van der Waals surface area contributed by atoms with Gasteiger partial charge in [0.05, 0.1) is 13.2 Å². The second-order valence-electron chi connectivity index (χ2n) is 13.3. The lowest BCUT2D eigenvalue weighted by Crippen LogP contribution is -2.59. The fourth-order valence-corrected chi connectivity index (χ4v) is 5.52. The molecule has 1 saturated carbocycles. The van der Waals surface area contributed by atoms with Crippen molar-refractivity contribution in [2.45, 2.75) is 103 Å². The van der Waals surface area contributed by atoms with Crippen LogP contribution in [-0.2, 0) is 24.5 Å². The van der Waals surface area contributed by atoms with E-state index in [1.165, 1.54) is 9.80 Å². The average molecular weight is 579 g/mol. The largest absolute Gasteiger partial charge is 0.444 e. The van der Waals surface area contributed by atoms with Crippen molar-refractivity contribution in [2.24, 2.45) is 0 Å². The van der Waals surface area contributed by atoms with Crippen molar-refractivity contribution in [3.05, 3.63) is 59.9 Å². The monoisotopic (exact) mass is 578 g/mol. The van der Waals surface area contributed by atoms with E-state index in [2.05, 4.69) is 31.1 Å². The van der Waals surface area contributed by atoms with Gasteiger partial charge in [0.15, 0.2) is 0 Å². The first-order chi connectivity index (χ1) is 19.8. The molecule has 2 atom stereocenters. The molecule has 1 aromatic carbocycles. The Balaban J connectivity index is 1.79. The van der Waals surface area contributed by atoms with E-state index in [-0.39, 0.29) is 37.1 Å². The van der Waals surface area contributed by atoms with Crippen molar-refractivity contribution < 1.29 is 23.9 Å². The Morgan fingerprint density at radius 2 is 1.71 bits per heavy atom.